The van der Waals surface area contributed by atoms with Crippen LogP contribution in [0.3, 0.4) is 0 Å². The van der Waals surface area contributed by atoms with E-state index in [4.69, 9.17) is 9.16 Å². The molecule has 23 heavy (non-hydrogen) atoms. The second kappa shape index (κ2) is 6.63. The summed E-state index contributed by atoms with van der Waals surface area (Å²) < 4.78 is 11.6. The first-order valence-electron chi connectivity index (χ1n) is 7.85. The van der Waals surface area contributed by atoms with Crippen LogP contribution < -0.4 is 9.16 Å². The fourth-order valence-corrected chi connectivity index (χ4v) is 3.45. The molecular formula is C20H26O2Si. The van der Waals surface area contributed by atoms with E-state index in [0.29, 0.717) is 0 Å². The number of rotatable bonds is 5. The van der Waals surface area contributed by atoms with Gasteiger partial charge in [-0.1, -0.05) is 24.8 Å². The van der Waals surface area contributed by atoms with E-state index in [-0.39, 0.29) is 0 Å². The maximum atomic E-state index is 6.36. The summed E-state index contributed by atoms with van der Waals surface area (Å²) >= 11 is 0. The molecule has 122 valence electrons. The summed E-state index contributed by atoms with van der Waals surface area (Å²) in [5, 5.41) is 0. The number of ether oxygens (including phenoxy) is 1. The topological polar surface area (TPSA) is 18.5 Å². The molecule has 3 heteroatoms. The van der Waals surface area contributed by atoms with E-state index in [1.807, 2.05) is 24.3 Å². The Kier molecular flexibility index (Phi) is 5.00. The van der Waals surface area contributed by atoms with Gasteiger partial charge >= 0.3 is 0 Å². The highest BCUT2D eigenvalue weighted by Gasteiger charge is 2.21. The van der Waals surface area contributed by atoms with Crippen LogP contribution in [0.25, 0.3) is 5.57 Å². The van der Waals surface area contributed by atoms with Gasteiger partial charge in [-0.15, -0.1) is 0 Å². The largest absolute Gasteiger partial charge is 0.544 e. The van der Waals surface area contributed by atoms with E-state index in [1.54, 1.807) is 7.11 Å². The minimum absolute atomic E-state index is 0.848. The summed E-state index contributed by atoms with van der Waals surface area (Å²) in [6, 6.07) is 12.3. The normalized spacial score (nSPS) is 11.2. The van der Waals surface area contributed by atoms with E-state index in [2.05, 4.69) is 52.2 Å². The lowest BCUT2D eigenvalue weighted by Gasteiger charge is -2.25. The highest BCUT2D eigenvalue weighted by molar-refractivity contribution is 6.70. The Labute approximate surface area is 140 Å². The SMILES string of the molecule is C=C(c1ccc(OC)cc1)c1cc(C)cc(C)c1O[Si](C)(C)C. The number of benzene rings is 2. The van der Waals surface area contributed by atoms with Crippen molar-refractivity contribution in [2.45, 2.75) is 33.5 Å². The van der Waals surface area contributed by atoms with Gasteiger partial charge in [0.15, 0.2) is 0 Å². The highest BCUT2D eigenvalue weighted by atomic mass is 28.4. The summed E-state index contributed by atoms with van der Waals surface area (Å²) in [4.78, 5) is 0. The second-order valence-corrected chi connectivity index (χ2v) is 11.3. The average Bonchev–Trinajstić information content (AvgIpc) is 2.48. The van der Waals surface area contributed by atoms with E-state index in [0.717, 1.165) is 33.8 Å². The Morgan fingerprint density at radius 1 is 1.00 bits per heavy atom. The molecule has 2 rings (SSSR count). The molecule has 0 aliphatic rings. The molecule has 0 radical (unpaired) electrons. The first-order chi connectivity index (χ1) is 10.7. The predicted octanol–water partition coefficient (Wildman–Crippen LogP) is 5.59. The molecule has 0 spiro atoms. The Hall–Kier alpha value is -2.00. The molecule has 0 heterocycles. The molecule has 0 saturated carbocycles. The van der Waals surface area contributed by atoms with Crippen LogP contribution in [-0.4, -0.2) is 15.4 Å². The third kappa shape index (κ3) is 4.26. The molecule has 0 amide bonds. The lowest BCUT2D eigenvalue weighted by Crippen LogP contribution is -2.30. The molecule has 2 nitrogen and oxygen atoms in total. The van der Waals surface area contributed by atoms with Crippen LogP contribution in [0.1, 0.15) is 22.3 Å². The minimum Gasteiger partial charge on any atom is -0.544 e. The van der Waals surface area contributed by atoms with Gasteiger partial charge in [-0.05, 0) is 74.0 Å². The summed E-state index contributed by atoms with van der Waals surface area (Å²) in [5.41, 5.74) is 5.52. The monoisotopic (exact) mass is 326 g/mol. The molecule has 0 atom stereocenters. The molecular weight excluding hydrogens is 300 g/mol. The zero-order valence-electron chi connectivity index (χ0n) is 15.0. The maximum Gasteiger partial charge on any atom is 0.242 e. The zero-order chi connectivity index (χ0) is 17.2. The molecule has 0 fully saturated rings. The zero-order valence-corrected chi connectivity index (χ0v) is 16.0. The van der Waals surface area contributed by atoms with Gasteiger partial charge in [0.25, 0.3) is 0 Å². The molecule has 0 aliphatic carbocycles. The summed E-state index contributed by atoms with van der Waals surface area (Å²) in [7, 11) is -0.0266. The van der Waals surface area contributed by atoms with Crippen molar-refractivity contribution in [3.63, 3.8) is 0 Å². The highest BCUT2D eigenvalue weighted by Crippen LogP contribution is 2.35. The van der Waals surface area contributed by atoms with Gasteiger partial charge < -0.3 is 9.16 Å². The third-order valence-corrected chi connectivity index (χ3v) is 4.41. The van der Waals surface area contributed by atoms with Crippen molar-refractivity contribution in [3.8, 4) is 11.5 Å². The second-order valence-electron chi connectivity index (χ2n) is 6.88. The number of aryl methyl sites for hydroxylation is 2. The van der Waals surface area contributed by atoms with Crippen LogP contribution in [0.2, 0.25) is 19.6 Å². The van der Waals surface area contributed by atoms with Gasteiger partial charge in [0.2, 0.25) is 8.32 Å². The molecule has 0 aliphatic heterocycles. The molecule has 0 bridgehead atoms. The fraction of sp³-hybridized carbons (Fsp3) is 0.300. The van der Waals surface area contributed by atoms with Crippen molar-refractivity contribution in [2.75, 3.05) is 7.11 Å². The quantitative estimate of drug-likeness (QED) is 0.667. The van der Waals surface area contributed by atoms with Crippen molar-refractivity contribution in [1.82, 2.24) is 0 Å². The molecule has 0 saturated heterocycles. The van der Waals surface area contributed by atoms with Gasteiger partial charge in [-0.25, -0.2) is 0 Å². The van der Waals surface area contributed by atoms with Crippen LogP contribution in [-0.2, 0) is 0 Å². The summed E-state index contributed by atoms with van der Waals surface area (Å²) in [5.74, 6) is 1.82. The van der Waals surface area contributed by atoms with Crippen LogP contribution in [0, 0.1) is 13.8 Å². The lowest BCUT2D eigenvalue weighted by atomic mass is 9.95. The van der Waals surface area contributed by atoms with Gasteiger partial charge in [0.05, 0.1) is 7.11 Å². The first kappa shape index (κ1) is 17.4. The Balaban J connectivity index is 2.49. The van der Waals surface area contributed by atoms with Crippen molar-refractivity contribution in [3.05, 3.63) is 65.2 Å². The van der Waals surface area contributed by atoms with Crippen molar-refractivity contribution >= 4 is 13.9 Å². The van der Waals surface area contributed by atoms with Crippen LogP contribution in [0.5, 0.6) is 11.5 Å². The van der Waals surface area contributed by atoms with Gasteiger partial charge in [-0.3, -0.25) is 0 Å². The smallest absolute Gasteiger partial charge is 0.242 e. The summed E-state index contributed by atoms with van der Waals surface area (Å²) in [6.07, 6.45) is 0. The van der Waals surface area contributed by atoms with Crippen molar-refractivity contribution in [2.24, 2.45) is 0 Å². The number of hydrogen-bond donors (Lipinski definition) is 0. The average molecular weight is 327 g/mol. The molecule has 2 aromatic carbocycles. The number of methoxy groups -OCH3 is 1. The van der Waals surface area contributed by atoms with E-state index in [1.165, 1.54) is 5.56 Å². The minimum atomic E-state index is -1.70. The molecule has 0 aromatic heterocycles. The lowest BCUT2D eigenvalue weighted by molar-refractivity contribution is 0.415. The Bertz CT molecular complexity index is 710. The van der Waals surface area contributed by atoms with E-state index in [9.17, 15) is 0 Å². The van der Waals surface area contributed by atoms with E-state index < -0.39 is 8.32 Å². The van der Waals surface area contributed by atoms with Crippen molar-refractivity contribution in [1.29, 1.82) is 0 Å². The summed E-state index contributed by atoms with van der Waals surface area (Å²) in [6.45, 7) is 15.1. The third-order valence-electron chi connectivity index (χ3n) is 3.59. The molecule has 0 N–H and O–H groups in total. The molecule has 2 aromatic rings. The number of hydrogen-bond acceptors (Lipinski definition) is 2. The maximum absolute atomic E-state index is 6.36. The fourth-order valence-electron chi connectivity index (χ4n) is 2.57. The van der Waals surface area contributed by atoms with Crippen LogP contribution in [0.15, 0.2) is 43.0 Å². The standard InChI is InChI=1S/C20H26O2Si/c1-14-12-15(2)20(22-23(5,6)7)19(13-14)16(3)17-8-10-18(21-4)11-9-17/h8-13H,3H2,1-2,4-7H3. The predicted molar refractivity (Wildman–Crippen MR) is 101 cm³/mol. The van der Waals surface area contributed by atoms with Crippen molar-refractivity contribution < 1.29 is 9.16 Å². The van der Waals surface area contributed by atoms with E-state index >= 15 is 0 Å². The van der Waals surface area contributed by atoms with Crippen LogP contribution >= 0.6 is 0 Å². The molecule has 0 unspecified atom stereocenters. The first-order valence-corrected chi connectivity index (χ1v) is 11.3. The Morgan fingerprint density at radius 2 is 1.61 bits per heavy atom. The van der Waals surface area contributed by atoms with Gasteiger partial charge in [0.1, 0.15) is 11.5 Å². The van der Waals surface area contributed by atoms with Crippen LogP contribution in [0.4, 0.5) is 0 Å². The van der Waals surface area contributed by atoms with Gasteiger partial charge in [0, 0.05) is 5.56 Å². The Morgan fingerprint density at radius 3 is 2.13 bits per heavy atom. The van der Waals surface area contributed by atoms with Gasteiger partial charge in [-0.2, -0.15) is 0 Å².